The van der Waals surface area contributed by atoms with Crippen molar-refractivity contribution >= 4 is 15.9 Å². The molecule has 0 bridgehead atoms. The van der Waals surface area contributed by atoms with Crippen molar-refractivity contribution in [2.75, 3.05) is 39.3 Å². The fourth-order valence-corrected chi connectivity index (χ4v) is 5.19. The van der Waals surface area contributed by atoms with E-state index in [1.165, 1.54) is 0 Å². The van der Waals surface area contributed by atoms with Crippen LogP contribution < -0.4 is 0 Å². The number of nitrogens with zero attached hydrogens (tertiary/aromatic N) is 3. The maximum atomic E-state index is 12.8. The Hall–Kier alpha value is -1.44. The van der Waals surface area contributed by atoms with E-state index in [-0.39, 0.29) is 16.8 Å². The predicted octanol–water partition coefficient (Wildman–Crippen LogP) is 2.03. The van der Waals surface area contributed by atoms with Gasteiger partial charge < -0.3 is 9.80 Å². The molecule has 0 N–H and O–H groups in total. The van der Waals surface area contributed by atoms with Gasteiger partial charge in [0.1, 0.15) is 0 Å². The molecular formula is C19H29N3O3S. The number of likely N-dealkylation sites (N-methyl/N-ethyl adjacent to an activating group) is 1. The molecule has 1 amide bonds. The van der Waals surface area contributed by atoms with E-state index in [0.29, 0.717) is 18.7 Å². The quantitative estimate of drug-likeness (QED) is 0.803. The third kappa shape index (κ3) is 3.94. The van der Waals surface area contributed by atoms with Gasteiger partial charge in [0, 0.05) is 44.3 Å². The van der Waals surface area contributed by atoms with E-state index in [0.717, 1.165) is 45.4 Å². The van der Waals surface area contributed by atoms with Gasteiger partial charge in [-0.15, -0.1) is 0 Å². The maximum absolute atomic E-state index is 12.8. The topological polar surface area (TPSA) is 60.9 Å². The zero-order valence-corrected chi connectivity index (χ0v) is 16.5. The van der Waals surface area contributed by atoms with Crippen molar-refractivity contribution in [2.24, 2.45) is 0 Å². The largest absolute Gasteiger partial charge is 0.336 e. The highest BCUT2D eigenvalue weighted by molar-refractivity contribution is 7.89. The highest BCUT2D eigenvalue weighted by Gasteiger charge is 2.29. The van der Waals surface area contributed by atoms with Crippen LogP contribution in [0, 0.1) is 0 Å². The molecule has 2 aliphatic rings. The zero-order valence-electron chi connectivity index (χ0n) is 15.7. The van der Waals surface area contributed by atoms with Gasteiger partial charge in [0.25, 0.3) is 5.91 Å². The standard InChI is InChI=1S/C19H29N3O3S/c1-3-20-12-14-21(15-13-20)26(24,25)18-9-7-17(8-10-18)19(23)22-11-5-4-6-16(22)2/h7-10,16H,3-6,11-15H2,1-2H3. The van der Waals surface area contributed by atoms with Crippen LogP contribution in [0.5, 0.6) is 0 Å². The lowest BCUT2D eigenvalue weighted by Crippen LogP contribution is -2.48. The van der Waals surface area contributed by atoms with Crippen molar-refractivity contribution in [2.45, 2.75) is 44.0 Å². The van der Waals surface area contributed by atoms with Gasteiger partial charge in [-0.1, -0.05) is 6.92 Å². The summed E-state index contributed by atoms with van der Waals surface area (Å²) in [7, 11) is -3.49. The average molecular weight is 380 g/mol. The Morgan fingerprint density at radius 2 is 1.69 bits per heavy atom. The van der Waals surface area contributed by atoms with E-state index in [2.05, 4.69) is 18.7 Å². The molecule has 1 aromatic rings. The fraction of sp³-hybridized carbons (Fsp3) is 0.632. The van der Waals surface area contributed by atoms with E-state index in [1.807, 2.05) is 4.90 Å². The number of likely N-dealkylation sites (tertiary alicyclic amines) is 1. The lowest BCUT2D eigenvalue weighted by molar-refractivity contribution is 0.0635. The number of carbonyl (C=O) groups excluding carboxylic acids is 1. The predicted molar refractivity (Wildman–Crippen MR) is 102 cm³/mol. The van der Waals surface area contributed by atoms with E-state index in [4.69, 9.17) is 0 Å². The molecule has 0 aliphatic carbocycles. The molecule has 2 fully saturated rings. The summed E-state index contributed by atoms with van der Waals surface area (Å²) in [4.78, 5) is 17.1. The number of amides is 1. The summed E-state index contributed by atoms with van der Waals surface area (Å²) in [5.74, 6) is -0.00212. The molecule has 6 nitrogen and oxygen atoms in total. The molecule has 1 atom stereocenters. The second-order valence-corrected chi connectivity index (χ2v) is 9.14. The number of benzene rings is 1. The number of piperazine rings is 1. The van der Waals surface area contributed by atoms with Crippen LogP contribution in [0.3, 0.4) is 0 Å². The smallest absolute Gasteiger partial charge is 0.254 e. The third-order valence-electron chi connectivity index (χ3n) is 5.58. The molecule has 1 unspecified atom stereocenters. The first-order valence-corrected chi connectivity index (χ1v) is 11.0. The Kier molecular flexibility index (Phi) is 5.99. The van der Waals surface area contributed by atoms with Crippen molar-refractivity contribution in [1.82, 2.24) is 14.1 Å². The zero-order chi connectivity index (χ0) is 18.7. The first-order valence-electron chi connectivity index (χ1n) is 9.57. The molecule has 3 rings (SSSR count). The highest BCUT2D eigenvalue weighted by atomic mass is 32.2. The molecule has 0 saturated carbocycles. The van der Waals surface area contributed by atoms with Gasteiger partial charge in [0.2, 0.25) is 10.0 Å². The number of hydrogen-bond donors (Lipinski definition) is 0. The van der Waals surface area contributed by atoms with Gasteiger partial charge in [0.05, 0.1) is 4.90 Å². The molecule has 0 aromatic heterocycles. The molecule has 26 heavy (non-hydrogen) atoms. The molecule has 0 radical (unpaired) electrons. The normalized spacial score (nSPS) is 23.2. The minimum absolute atomic E-state index is 0.00212. The monoisotopic (exact) mass is 379 g/mol. The fourth-order valence-electron chi connectivity index (χ4n) is 3.77. The van der Waals surface area contributed by atoms with Crippen LogP contribution >= 0.6 is 0 Å². The molecule has 1 aromatic carbocycles. The number of hydrogen-bond acceptors (Lipinski definition) is 4. The van der Waals surface area contributed by atoms with Crippen molar-refractivity contribution in [3.8, 4) is 0 Å². The molecule has 2 aliphatic heterocycles. The summed E-state index contributed by atoms with van der Waals surface area (Å²) in [6, 6.07) is 6.69. The molecule has 144 valence electrons. The van der Waals surface area contributed by atoms with Gasteiger partial charge in [0.15, 0.2) is 0 Å². The van der Waals surface area contributed by atoms with Gasteiger partial charge >= 0.3 is 0 Å². The molecule has 7 heteroatoms. The van der Waals surface area contributed by atoms with Crippen LogP contribution in [0.4, 0.5) is 0 Å². The van der Waals surface area contributed by atoms with Crippen molar-refractivity contribution in [3.63, 3.8) is 0 Å². The summed E-state index contributed by atoms with van der Waals surface area (Å²) in [5.41, 5.74) is 0.563. The molecule has 2 saturated heterocycles. The van der Waals surface area contributed by atoms with E-state index < -0.39 is 10.0 Å². The Morgan fingerprint density at radius 3 is 2.27 bits per heavy atom. The summed E-state index contributed by atoms with van der Waals surface area (Å²) in [6.07, 6.45) is 3.22. The van der Waals surface area contributed by atoms with E-state index >= 15 is 0 Å². The molecule has 0 spiro atoms. The van der Waals surface area contributed by atoms with Gasteiger partial charge in [-0.25, -0.2) is 8.42 Å². The first-order chi connectivity index (χ1) is 12.4. The summed E-state index contributed by atoms with van der Waals surface area (Å²) in [6.45, 7) is 8.44. The number of rotatable bonds is 4. The van der Waals surface area contributed by atoms with Crippen LogP contribution in [-0.2, 0) is 10.0 Å². The highest BCUT2D eigenvalue weighted by Crippen LogP contribution is 2.22. The van der Waals surface area contributed by atoms with Crippen molar-refractivity contribution < 1.29 is 13.2 Å². The van der Waals surface area contributed by atoms with E-state index in [1.54, 1.807) is 28.6 Å². The van der Waals surface area contributed by atoms with Gasteiger partial charge in [-0.2, -0.15) is 4.31 Å². The lowest BCUT2D eigenvalue weighted by Gasteiger charge is -2.34. The number of sulfonamides is 1. The Bertz CT molecular complexity index is 725. The SMILES string of the molecule is CCN1CCN(S(=O)(=O)c2ccc(C(=O)N3CCCCC3C)cc2)CC1. The Morgan fingerprint density at radius 1 is 1.04 bits per heavy atom. The average Bonchev–Trinajstić information content (AvgIpc) is 2.68. The van der Waals surface area contributed by atoms with Crippen LogP contribution in [0.1, 0.15) is 43.5 Å². The van der Waals surface area contributed by atoms with Crippen molar-refractivity contribution in [3.05, 3.63) is 29.8 Å². The van der Waals surface area contributed by atoms with Crippen LogP contribution in [0.15, 0.2) is 29.2 Å². The van der Waals surface area contributed by atoms with Crippen LogP contribution in [0.25, 0.3) is 0 Å². The Labute approximate surface area is 156 Å². The maximum Gasteiger partial charge on any atom is 0.254 e. The minimum atomic E-state index is -3.49. The first kappa shape index (κ1) is 19.3. The Balaban J connectivity index is 1.71. The summed E-state index contributed by atoms with van der Waals surface area (Å²) < 4.78 is 27.2. The number of carbonyl (C=O) groups is 1. The second-order valence-electron chi connectivity index (χ2n) is 7.21. The van der Waals surface area contributed by atoms with Gasteiger partial charge in [-0.05, 0) is 57.0 Å². The lowest BCUT2D eigenvalue weighted by atomic mass is 10.0. The molecular weight excluding hydrogens is 350 g/mol. The number of piperidine rings is 1. The van der Waals surface area contributed by atoms with Gasteiger partial charge in [-0.3, -0.25) is 4.79 Å². The van der Waals surface area contributed by atoms with Crippen LogP contribution in [0.2, 0.25) is 0 Å². The van der Waals surface area contributed by atoms with E-state index in [9.17, 15) is 13.2 Å². The molecule has 2 heterocycles. The summed E-state index contributed by atoms with van der Waals surface area (Å²) >= 11 is 0. The minimum Gasteiger partial charge on any atom is -0.336 e. The van der Waals surface area contributed by atoms with Crippen molar-refractivity contribution in [1.29, 1.82) is 0 Å². The second kappa shape index (κ2) is 8.06. The summed E-state index contributed by atoms with van der Waals surface area (Å²) in [5, 5.41) is 0. The van der Waals surface area contributed by atoms with Crippen LogP contribution in [-0.4, -0.2) is 73.7 Å². The third-order valence-corrected chi connectivity index (χ3v) is 7.49.